The fourth-order valence-corrected chi connectivity index (χ4v) is 1.78. The van der Waals surface area contributed by atoms with E-state index in [1.165, 1.54) is 0 Å². The molecule has 1 aromatic rings. The predicted molar refractivity (Wildman–Crippen MR) is 77.4 cm³/mol. The Balaban J connectivity index is 2.70. The first-order valence-corrected chi connectivity index (χ1v) is 6.55. The Kier molecular flexibility index (Phi) is 5.20. The molecule has 1 atom stereocenters. The summed E-state index contributed by atoms with van der Waals surface area (Å²) in [4.78, 5) is 11.7. The fourth-order valence-electron chi connectivity index (χ4n) is 1.60. The summed E-state index contributed by atoms with van der Waals surface area (Å²) in [5.41, 5.74) is 6.37. The van der Waals surface area contributed by atoms with Crippen molar-refractivity contribution in [3.05, 3.63) is 28.8 Å². The first-order valence-electron chi connectivity index (χ1n) is 6.18. The molecular weight excluding hydrogens is 264 g/mol. The van der Waals surface area contributed by atoms with E-state index in [0.717, 1.165) is 5.56 Å². The first kappa shape index (κ1) is 15.8. The third-order valence-corrected chi connectivity index (χ3v) is 2.57. The molecule has 4 nitrogen and oxygen atoms in total. The van der Waals surface area contributed by atoms with Crippen molar-refractivity contribution in [2.45, 2.75) is 39.3 Å². The van der Waals surface area contributed by atoms with Gasteiger partial charge in [-0.05, 0) is 45.9 Å². The van der Waals surface area contributed by atoms with Crippen LogP contribution in [-0.4, -0.2) is 18.1 Å². The smallest absolute Gasteiger partial charge is 0.258 e. The van der Waals surface area contributed by atoms with Crippen LogP contribution in [0.1, 0.15) is 39.3 Å². The molecule has 0 heterocycles. The monoisotopic (exact) mass is 284 g/mol. The quantitative estimate of drug-likeness (QED) is 0.893. The molecule has 0 spiro atoms. The largest absolute Gasteiger partial charge is 0.483 e. The summed E-state index contributed by atoms with van der Waals surface area (Å²) in [6, 6.07) is 4.98. The summed E-state index contributed by atoms with van der Waals surface area (Å²) in [5, 5.41) is 3.42. The summed E-state index contributed by atoms with van der Waals surface area (Å²) in [6.45, 7) is 7.55. The van der Waals surface area contributed by atoms with Gasteiger partial charge >= 0.3 is 0 Å². The predicted octanol–water partition coefficient (Wildman–Crippen LogP) is 2.65. The lowest BCUT2D eigenvalue weighted by molar-refractivity contribution is -0.124. The van der Waals surface area contributed by atoms with E-state index in [2.05, 4.69) is 5.32 Å². The molecular formula is C14H21ClN2O2. The van der Waals surface area contributed by atoms with Gasteiger partial charge in [-0.2, -0.15) is 0 Å². The number of carbonyl (C=O) groups is 1. The lowest BCUT2D eigenvalue weighted by Gasteiger charge is -2.21. The summed E-state index contributed by atoms with van der Waals surface area (Å²) in [7, 11) is 0. The Morgan fingerprint density at radius 2 is 2.11 bits per heavy atom. The molecule has 1 aromatic carbocycles. The highest BCUT2D eigenvalue weighted by Gasteiger charge is 2.15. The SMILES string of the molecule is CC(N)c1cc(Cl)ccc1OCC(=O)NC(C)(C)C. The maximum atomic E-state index is 11.7. The Hall–Kier alpha value is -1.26. The van der Waals surface area contributed by atoms with Gasteiger partial charge in [0.1, 0.15) is 5.75 Å². The van der Waals surface area contributed by atoms with Crippen LogP contribution in [0.4, 0.5) is 0 Å². The number of ether oxygens (including phenoxy) is 1. The number of halogens is 1. The van der Waals surface area contributed by atoms with E-state index < -0.39 is 0 Å². The van der Waals surface area contributed by atoms with E-state index in [1.54, 1.807) is 18.2 Å². The highest BCUT2D eigenvalue weighted by atomic mass is 35.5. The molecule has 0 aromatic heterocycles. The Morgan fingerprint density at radius 3 is 2.63 bits per heavy atom. The van der Waals surface area contributed by atoms with Crippen LogP contribution in [0.15, 0.2) is 18.2 Å². The van der Waals surface area contributed by atoms with Gasteiger partial charge in [0.2, 0.25) is 0 Å². The third kappa shape index (κ3) is 5.49. The average Bonchev–Trinajstić information content (AvgIpc) is 2.24. The van der Waals surface area contributed by atoms with E-state index in [-0.39, 0.29) is 24.1 Å². The summed E-state index contributed by atoms with van der Waals surface area (Å²) in [5.74, 6) is 0.418. The van der Waals surface area contributed by atoms with Gasteiger partial charge in [0.15, 0.2) is 6.61 Å². The number of hydrogen-bond donors (Lipinski definition) is 2. The average molecular weight is 285 g/mol. The van der Waals surface area contributed by atoms with Gasteiger partial charge in [0.05, 0.1) is 0 Å². The molecule has 1 unspecified atom stereocenters. The maximum Gasteiger partial charge on any atom is 0.258 e. The minimum Gasteiger partial charge on any atom is -0.483 e. The molecule has 19 heavy (non-hydrogen) atoms. The number of rotatable bonds is 4. The Morgan fingerprint density at radius 1 is 1.47 bits per heavy atom. The van der Waals surface area contributed by atoms with Gasteiger partial charge in [-0.25, -0.2) is 0 Å². The van der Waals surface area contributed by atoms with Crippen molar-refractivity contribution in [2.24, 2.45) is 5.73 Å². The summed E-state index contributed by atoms with van der Waals surface area (Å²) < 4.78 is 5.51. The molecule has 5 heteroatoms. The van der Waals surface area contributed by atoms with Crippen LogP contribution < -0.4 is 15.8 Å². The highest BCUT2D eigenvalue weighted by Crippen LogP contribution is 2.27. The van der Waals surface area contributed by atoms with Crippen molar-refractivity contribution in [1.82, 2.24) is 5.32 Å². The number of carbonyl (C=O) groups excluding carboxylic acids is 1. The zero-order chi connectivity index (χ0) is 14.6. The first-order chi connectivity index (χ1) is 8.69. The zero-order valence-electron chi connectivity index (χ0n) is 11.8. The Bertz CT molecular complexity index is 453. The molecule has 1 rings (SSSR count). The van der Waals surface area contributed by atoms with Crippen LogP contribution in [0.25, 0.3) is 0 Å². The summed E-state index contributed by atoms with van der Waals surface area (Å²) in [6.07, 6.45) is 0. The molecule has 106 valence electrons. The molecule has 0 aliphatic carbocycles. The minimum absolute atomic E-state index is 0.0430. The Labute approximate surface area is 119 Å². The standard InChI is InChI=1S/C14H21ClN2O2/c1-9(16)11-7-10(15)5-6-12(11)19-8-13(18)17-14(2,3)4/h5-7,9H,8,16H2,1-4H3,(H,17,18). The summed E-state index contributed by atoms with van der Waals surface area (Å²) >= 11 is 5.92. The third-order valence-electron chi connectivity index (χ3n) is 2.34. The number of nitrogens with two attached hydrogens (primary N) is 1. The molecule has 0 bridgehead atoms. The van der Waals surface area contributed by atoms with Gasteiger partial charge in [-0.1, -0.05) is 11.6 Å². The van der Waals surface area contributed by atoms with Crippen molar-refractivity contribution in [3.63, 3.8) is 0 Å². The lowest BCUT2D eigenvalue weighted by Crippen LogP contribution is -2.43. The molecule has 1 amide bonds. The molecule has 0 saturated carbocycles. The van der Waals surface area contributed by atoms with Crippen molar-refractivity contribution in [2.75, 3.05) is 6.61 Å². The van der Waals surface area contributed by atoms with Crippen molar-refractivity contribution < 1.29 is 9.53 Å². The lowest BCUT2D eigenvalue weighted by atomic mass is 10.1. The van der Waals surface area contributed by atoms with E-state index in [9.17, 15) is 4.79 Å². The number of benzene rings is 1. The topological polar surface area (TPSA) is 64.3 Å². The number of nitrogens with one attached hydrogen (secondary N) is 1. The van der Waals surface area contributed by atoms with E-state index in [1.807, 2.05) is 27.7 Å². The van der Waals surface area contributed by atoms with Crippen LogP contribution in [-0.2, 0) is 4.79 Å². The van der Waals surface area contributed by atoms with Gasteiger partial charge in [0.25, 0.3) is 5.91 Å². The second-order valence-electron chi connectivity index (χ2n) is 5.56. The minimum atomic E-state index is -0.273. The molecule has 0 aliphatic rings. The normalized spacial score (nSPS) is 12.9. The number of hydrogen-bond acceptors (Lipinski definition) is 3. The molecule has 0 saturated heterocycles. The van der Waals surface area contributed by atoms with E-state index in [0.29, 0.717) is 10.8 Å². The van der Waals surface area contributed by atoms with Crippen LogP contribution >= 0.6 is 11.6 Å². The maximum absolute atomic E-state index is 11.7. The number of amides is 1. The zero-order valence-corrected chi connectivity index (χ0v) is 12.5. The van der Waals surface area contributed by atoms with Crippen LogP contribution in [0, 0.1) is 0 Å². The second-order valence-corrected chi connectivity index (χ2v) is 5.99. The second kappa shape index (κ2) is 6.26. The fraction of sp³-hybridized carbons (Fsp3) is 0.500. The van der Waals surface area contributed by atoms with E-state index >= 15 is 0 Å². The van der Waals surface area contributed by atoms with Crippen LogP contribution in [0.3, 0.4) is 0 Å². The van der Waals surface area contributed by atoms with Gasteiger partial charge in [-0.15, -0.1) is 0 Å². The van der Waals surface area contributed by atoms with Crippen LogP contribution in [0.5, 0.6) is 5.75 Å². The highest BCUT2D eigenvalue weighted by molar-refractivity contribution is 6.30. The van der Waals surface area contributed by atoms with Gasteiger partial charge in [0, 0.05) is 22.2 Å². The van der Waals surface area contributed by atoms with Crippen molar-refractivity contribution in [3.8, 4) is 5.75 Å². The van der Waals surface area contributed by atoms with Crippen molar-refractivity contribution >= 4 is 17.5 Å². The molecule has 0 radical (unpaired) electrons. The van der Waals surface area contributed by atoms with E-state index in [4.69, 9.17) is 22.1 Å². The molecule has 0 aliphatic heterocycles. The van der Waals surface area contributed by atoms with Gasteiger partial charge < -0.3 is 15.8 Å². The van der Waals surface area contributed by atoms with Gasteiger partial charge in [-0.3, -0.25) is 4.79 Å². The van der Waals surface area contributed by atoms with Crippen molar-refractivity contribution in [1.29, 1.82) is 0 Å². The molecule has 3 N–H and O–H groups in total. The van der Waals surface area contributed by atoms with Crippen LogP contribution in [0.2, 0.25) is 5.02 Å². The molecule has 0 fully saturated rings.